The lowest BCUT2D eigenvalue weighted by Gasteiger charge is -2.19. The Balaban J connectivity index is 1.84. The summed E-state index contributed by atoms with van der Waals surface area (Å²) in [7, 11) is -0.488. The molecule has 0 unspecified atom stereocenters. The molecule has 0 saturated carbocycles. The van der Waals surface area contributed by atoms with Gasteiger partial charge in [0.2, 0.25) is 0 Å². The molecule has 0 saturated heterocycles. The molecule has 0 radical (unpaired) electrons. The van der Waals surface area contributed by atoms with Crippen molar-refractivity contribution in [2.75, 3.05) is 13.2 Å². The van der Waals surface area contributed by atoms with Crippen LogP contribution in [0.1, 0.15) is 41.5 Å². The molecule has 0 aliphatic carbocycles. The highest BCUT2D eigenvalue weighted by Gasteiger charge is 2.30. The summed E-state index contributed by atoms with van der Waals surface area (Å²) in [6.07, 6.45) is 0. The van der Waals surface area contributed by atoms with Gasteiger partial charge in [0, 0.05) is 12.1 Å². The van der Waals surface area contributed by atoms with E-state index in [1.807, 2.05) is 108 Å². The highest BCUT2D eigenvalue weighted by Crippen LogP contribution is 2.34. The van der Waals surface area contributed by atoms with E-state index in [1.54, 1.807) is 0 Å². The minimum atomic E-state index is -0.571. The molecule has 0 amide bonds. The highest BCUT2D eigenvalue weighted by molar-refractivity contribution is 7.97. The first-order valence-electron chi connectivity index (χ1n) is 12.1. The van der Waals surface area contributed by atoms with Crippen LogP contribution in [0.3, 0.4) is 0 Å². The van der Waals surface area contributed by atoms with E-state index < -0.39 is 34.0 Å². The van der Waals surface area contributed by atoms with E-state index in [0.29, 0.717) is 11.5 Å². The number of carbonyl (C=O) groups excluding carboxylic acids is 2. The first kappa shape index (κ1) is 28.1. The largest absolute Gasteiger partial charge is 0.482 e. The maximum atomic E-state index is 12.1. The molecule has 3 aromatic carbocycles. The number of hydrogen-bond acceptors (Lipinski definition) is 6. The number of ether oxygens (including phenoxy) is 4. The van der Waals surface area contributed by atoms with Gasteiger partial charge in [-0.2, -0.15) is 0 Å². The molecule has 3 rings (SSSR count). The second-order valence-electron chi connectivity index (χ2n) is 10.3. The van der Waals surface area contributed by atoms with Gasteiger partial charge in [-0.3, -0.25) is 0 Å². The van der Waals surface area contributed by atoms with Crippen molar-refractivity contribution in [3.63, 3.8) is 0 Å². The van der Waals surface area contributed by atoms with Crippen LogP contribution in [0, 0.1) is 0 Å². The minimum Gasteiger partial charge on any atom is -0.482 e. The molecular weight excluding hydrogens is 488 g/mol. The summed E-state index contributed by atoms with van der Waals surface area (Å²) in [4.78, 5) is 27.4. The second kappa shape index (κ2) is 12.2. The quantitative estimate of drug-likeness (QED) is 0.245. The monoisotopic (exact) mass is 523 g/mol. The van der Waals surface area contributed by atoms with E-state index in [0.717, 1.165) is 14.7 Å². The van der Waals surface area contributed by atoms with Crippen molar-refractivity contribution in [3.05, 3.63) is 78.9 Å². The van der Waals surface area contributed by atoms with Crippen LogP contribution in [-0.4, -0.2) is 36.4 Å². The molecule has 0 aromatic heterocycles. The summed E-state index contributed by atoms with van der Waals surface area (Å²) in [5, 5.41) is 0. The fourth-order valence-corrected chi connectivity index (χ4v) is 5.52. The Kier molecular flexibility index (Phi) is 9.27. The fourth-order valence-electron chi connectivity index (χ4n) is 3.37. The fraction of sp³-hybridized carbons (Fsp3) is 0.333. The van der Waals surface area contributed by atoms with Gasteiger partial charge in [-0.1, -0.05) is 30.3 Å². The lowest BCUT2D eigenvalue weighted by molar-refractivity contribution is -0.158. The van der Waals surface area contributed by atoms with Crippen molar-refractivity contribution >= 4 is 22.8 Å². The summed E-state index contributed by atoms with van der Waals surface area (Å²) in [6.45, 7) is 10.6. The summed E-state index contributed by atoms with van der Waals surface area (Å²) >= 11 is 0. The van der Waals surface area contributed by atoms with E-state index >= 15 is 0 Å². The lowest BCUT2D eigenvalue weighted by Crippen LogP contribution is -2.27. The van der Waals surface area contributed by atoms with Crippen LogP contribution >= 0.6 is 0 Å². The minimum absolute atomic E-state index is 0.173. The van der Waals surface area contributed by atoms with Gasteiger partial charge in [-0.25, -0.2) is 9.59 Å². The Bertz CT molecular complexity index is 1120. The average molecular weight is 524 g/mol. The Morgan fingerprint density at radius 3 is 1.41 bits per heavy atom. The smallest absolute Gasteiger partial charge is 0.344 e. The predicted molar refractivity (Wildman–Crippen MR) is 144 cm³/mol. The van der Waals surface area contributed by atoms with Crippen LogP contribution < -0.4 is 9.47 Å². The molecule has 0 fully saturated rings. The Morgan fingerprint density at radius 1 is 0.595 bits per heavy atom. The van der Waals surface area contributed by atoms with E-state index in [2.05, 4.69) is 12.1 Å². The molecule has 3 aromatic rings. The topological polar surface area (TPSA) is 71.1 Å². The summed E-state index contributed by atoms with van der Waals surface area (Å²) in [5.74, 6) is 0.313. The normalized spacial score (nSPS) is 11.6. The summed E-state index contributed by atoms with van der Waals surface area (Å²) in [6, 6.07) is 25.5. The zero-order valence-electron chi connectivity index (χ0n) is 22.3. The van der Waals surface area contributed by atoms with Gasteiger partial charge in [0.1, 0.15) is 22.7 Å². The SMILES string of the molecule is CC(C)(C)OC(=O)COc1cccc([S+](c2ccccc2)c2cccc(OCC(=O)OC(C)(C)C)c2)c1. The van der Waals surface area contributed by atoms with Crippen molar-refractivity contribution in [2.24, 2.45) is 0 Å². The van der Waals surface area contributed by atoms with Crippen molar-refractivity contribution in [1.29, 1.82) is 0 Å². The van der Waals surface area contributed by atoms with Crippen LogP contribution in [0.2, 0.25) is 0 Å². The number of benzene rings is 3. The Hall–Kier alpha value is -3.45. The van der Waals surface area contributed by atoms with Crippen molar-refractivity contribution in [3.8, 4) is 11.5 Å². The maximum absolute atomic E-state index is 12.1. The lowest BCUT2D eigenvalue weighted by atomic mass is 10.2. The van der Waals surface area contributed by atoms with Crippen LogP contribution in [0.15, 0.2) is 93.5 Å². The first-order valence-corrected chi connectivity index (χ1v) is 13.3. The average Bonchev–Trinajstić information content (AvgIpc) is 2.81. The molecule has 0 spiro atoms. The molecule has 0 bridgehead atoms. The van der Waals surface area contributed by atoms with Gasteiger partial charge in [-0.15, -0.1) is 0 Å². The van der Waals surface area contributed by atoms with Gasteiger partial charge in [0.15, 0.2) is 27.9 Å². The standard InChI is InChI=1S/C30H35O6S/c1-29(2,3)35-27(31)20-33-22-12-10-16-25(18-22)37(24-14-8-7-9-15-24)26-17-11-13-23(19-26)34-21-28(32)36-30(4,5)6/h7-19H,20-21H2,1-6H3/q+1. The second-order valence-corrected chi connectivity index (χ2v) is 12.3. The molecule has 7 heteroatoms. The summed E-state index contributed by atoms with van der Waals surface area (Å²) in [5.41, 5.74) is -1.14. The Morgan fingerprint density at radius 2 is 1.00 bits per heavy atom. The van der Waals surface area contributed by atoms with E-state index in [4.69, 9.17) is 18.9 Å². The van der Waals surface area contributed by atoms with Crippen LogP contribution in [0.5, 0.6) is 11.5 Å². The van der Waals surface area contributed by atoms with Crippen molar-refractivity contribution in [1.82, 2.24) is 0 Å². The predicted octanol–water partition coefficient (Wildman–Crippen LogP) is 6.22. The zero-order chi connectivity index (χ0) is 27.1. The van der Waals surface area contributed by atoms with Crippen molar-refractivity contribution < 1.29 is 28.5 Å². The first-order chi connectivity index (χ1) is 17.4. The molecule has 0 aliphatic heterocycles. The van der Waals surface area contributed by atoms with Crippen LogP contribution in [0.25, 0.3) is 0 Å². The Labute approximate surface area is 222 Å². The van der Waals surface area contributed by atoms with Gasteiger partial charge < -0.3 is 18.9 Å². The molecule has 37 heavy (non-hydrogen) atoms. The molecule has 0 aliphatic rings. The third-order valence-electron chi connectivity index (χ3n) is 4.61. The number of hydrogen-bond donors (Lipinski definition) is 0. The van der Waals surface area contributed by atoms with Gasteiger partial charge in [0.05, 0.1) is 10.9 Å². The van der Waals surface area contributed by atoms with E-state index in [1.165, 1.54) is 0 Å². The maximum Gasteiger partial charge on any atom is 0.344 e. The van der Waals surface area contributed by atoms with Crippen molar-refractivity contribution in [2.45, 2.75) is 67.4 Å². The van der Waals surface area contributed by atoms with Gasteiger partial charge in [0.25, 0.3) is 0 Å². The molecular formula is C30H35O6S+. The third-order valence-corrected chi connectivity index (χ3v) is 6.81. The zero-order valence-corrected chi connectivity index (χ0v) is 23.1. The molecule has 0 N–H and O–H groups in total. The number of carbonyl (C=O) groups is 2. The van der Waals surface area contributed by atoms with Gasteiger partial charge >= 0.3 is 11.9 Å². The molecule has 6 nitrogen and oxygen atoms in total. The molecule has 196 valence electrons. The number of esters is 2. The highest BCUT2D eigenvalue weighted by atomic mass is 32.2. The van der Waals surface area contributed by atoms with Crippen LogP contribution in [0.4, 0.5) is 0 Å². The van der Waals surface area contributed by atoms with E-state index in [9.17, 15) is 9.59 Å². The number of rotatable bonds is 9. The molecule has 0 heterocycles. The van der Waals surface area contributed by atoms with Crippen LogP contribution in [-0.2, 0) is 30.0 Å². The van der Waals surface area contributed by atoms with Gasteiger partial charge in [-0.05, 0) is 77.9 Å². The summed E-state index contributed by atoms with van der Waals surface area (Å²) < 4.78 is 22.2. The third kappa shape index (κ3) is 9.50. The van der Waals surface area contributed by atoms with E-state index in [-0.39, 0.29) is 13.2 Å². The molecule has 0 atom stereocenters.